The summed E-state index contributed by atoms with van der Waals surface area (Å²) in [7, 11) is 0. The molecule has 0 amide bonds. The van der Waals surface area contributed by atoms with Gasteiger partial charge in [0.05, 0.1) is 0 Å². The summed E-state index contributed by atoms with van der Waals surface area (Å²) in [5, 5.41) is 3.38. The zero-order valence-electron chi connectivity index (χ0n) is 9.92. The van der Waals surface area contributed by atoms with E-state index in [0.29, 0.717) is 0 Å². The molecule has 0 atom stereocenters. The molecule has 0 unspecified atom stereocenters. The molecule has 1 spiro atoms. The summed E-state index contributed by atoms with van der Waals surface area (Å²) in [6.07, 6.45) is 6.56. The van der Waals surface area contributed by atoms with Gasteiger partial charge >= 0.3 is 0 Å². The Labute approximate surface area is 110 Å². The minimum atomic E-state index is -0.0726. The van der Waals surface area contributed by atoms with Crippen LogP contribution in [0.3, 0.4) is 0 Å². The molecule has 1 saturated heterocycles. The Morgan fingerprint density at radius 3 is 2.82 bits per heavy atom. The van der Waals surface area contributed by atoms with Gasteiger partial charge in [-0.1, -0.05) is 22.0 Å². The van der Waals surface area contributed by atoms with Crippen LogP contribution in [0.1, 0.15) is 24.0 Å². The van der Waals surface area contributed by atoms with Crippen molar-refractivity contribution in [1.29, 1.82) is 0 Å². The van der Waals surface area contributed by atoms with Crippen molar-refractivity contribution in [2.75, 3.05) is 13.1 Å². The first kappa shape index (κ1) is 11.3. The van der Waals surface area contributed by atoms with Crippen LogP contribution in [0, 0.1) is 6.92 Å². The van der Waals surface area contributed by atoms with Gasteiger partial charge in [-0.05, 0) is 43.8 Å². The molecule has 3 heteroatoms. The van der Waals surface area contributed by atoms with Crippen molar-refractivity contribution in [3.05, 3.63) is 33.8 Å². The Morgan fingerprint density at radius 1 is 1.29 bits per heavy atom. The quantitative estimate of drug-likeness (QED) is 0.793. The predicted molar refractivity (Wildman–Crippen MR) is 73.4 cm³/mol. The smallest absolute Gasteiger partial charge is 0.130 e. The molecule has 90 valence electrons. The number of halogens is 1. The van der Waals surface area contributed by atoms with Crippen LogP contribution in [0.15, 0.2) is 22.7 Å². The largest absolute Gasteiger partial charge is 0.482 e. The van der Waals surface area contributed by atoms with Crippen LogP contribution in [-0.2, 0) is 0 Å². The van der Waals surface area contributed by atoms with E-state index in [1.54, 1.807) is 0 Å². The molecule has 0 aliphatic carbocycles. The lowest BCUT2D eigenvalue weighted by Crippen LogP contribution is -2.45. The van der Waals surface area contributed by atoms with Crippen molar-refractivity contribution in [2.24, 2.45) is 0 Å². The number of ether oxygens (including phenoxy) is 1. The maximum atomic E-state index is 6.30. The van der Waals surface area contributed by atoms with E-state index in [1.165, 1.54) is 11.1 Å². The molecule has 2 nitrogen and oxygen atoms in total. The van der Waals surface area contributed by atoms with Crippen LogP contribution >= 0.6 is 15.9 Å². The number of rotatable bonds is 0. The van der Waals surface area contributed by atoms with Gasteiger partial charge < -0.3 is 10.1 Å². The monoisotopic (exact) mass is 293 g/mol. The fourth-order valence-electron chi connectivity index (χ4n) is 2.62. The molecule has 1 aromatic carbocycles. The van der Waals surface area contributed by atoms with E-state index in [2.05, 4.69) is 52.5 Å². The van der Waals surface area contributed by atoms with Crippen molar-refractivity contribution in [3.8, 4) is 5.75 Å². The molecule has 2 aliphatic rings. The predicted octanol–water partition coefficient (Wildman–Crippen LogP) is 3.29. The van der Waals surface area contributed by atoms with Gasteiger partial charge in [0.25, 0.3) is 0 Å². The summed E-state index contributed by atoms with van der Waals surface area (Å²) in [6, 6.07) is 4.24. The summed E-state index contributed by atoms with van der Waals surface area (Å²) < 4.78 is 7.41. The SMILES string of the molecule is Cc1cc(Br)cc2c1OC1(C=C2)CCNCC1. The molecule has 0 bridgehead atoms. The van der Waals surface area contributed by atoms with Gasteiger partial charge in [-0.2, -0.15) is 0 Å². The Balaban J connectivity index is 2.00. The summed E-state index contributed by atoms with van der Waals surface area (Å²) in [6.45, 7) is 4.18. The summed E-state index contributed by atoms with van der Waals surface area (Å²) in [5.41, 5.74) is 2.31. The van der Waals surface area contributed by atoms with E-state index in [1.807, 2.05) is 0 Å². The second-order valence-corrected chi connectivity index (χ2v) is 5.81. The minimum absolute atomic E-state index is 0.0726. The molecule has 0 saturated carbocycles. The van der Waals surface area contributed by atoms with Crippen molar-refractivity contribution >= 4 is 22.0 Å². The van der Waals surface area contributed by atoms with E-state index in [0.717, 1.165) is 36.2 Å². The number of hydrogen-bond donors (Lipinski definition) is 1. The van der Waals surface area contributed by atoms with Crippen molar-refractivity contribution in [1.82, 2.24) is 5.32 Å². The molecule has 0 aromatic heterocycles. The zero-order chi connectivity index (χ0) is 11.9. The van der Waals surface area contributed by atoms with Crippen LogP contribution in [0.2, 0.25) is 0 Å². The van der Waals surface area contributed by atoms with Crippen molar-refractivity contribution in [3.63, 3.8) is 0 Å². The molecule has 1 N–H and O–H groups in total. The first-order chi connectivity index (χ1) is 8.19. The number of nitrogens with one attached hydrogen (secondary N) is 1. The highest BCUT2D eigenvalue weighted by molar-refractivity contribution is 9.10. The van der Waals surface area contributed by atoms with Crippen LogP contribution in [-0.4, -0.2) is 18.7 Å². The maximum Gasteiger partial charge on any atom is 0.130 e. The lowest BCUT2D eigenvalue weighted by molar-refractivity contribution is 0.0815. The molecule has 0 radical (unpaired) electrons. The normalized spacial score (nSPS) is 21.1. The lowest BCUT2D eigenvalue weighted by atomic mass is 9.88. The highest BCUT2D eigenvalue weighted by atomic mass is 79.9. The lowest BCUT2D eigenvalue weighted by Gasteiger charge is -2.38. The summed E-state index contributed by atoms with van der Waals surface area (Å²) in [5.74, 6) is 1.05. The Kier molecular flexibility index (Phi) is 2.75. The fraction of sp³-hybridized carbons (Fsp3) is 0.429. The van der Waals surface area contributed by atoms with Gasteiger partial charge in [0.2, 0.25) is 0 Å². The van der Waals surface area contributed by atoms with E-state index in [9.17, 15) is 0 Å². The third-order valence-corrected chi connectivity index (χ3v) is 4.05. The number of benzene rings is 1. The van der Waals surface area contributed by atoms with Gasteiger partial charge in [0.15, 0.2) is 0 Å². The fourth-order valence-corrected chi connectivity index (χ4v) is 3.21. The average molecular weight is 294 g/mol. The van der Waals surface area contributed by atoms with Crippen LogP contribution in [0.25, 0.3) is 6.08 Å². The second-order valence-electron chi connectivity index (χ2n) is 4.89. The molecular weight excluding hydrogens is 278 g/mol. The minimum Gasteiger partial charge on any atom is -0.482 e. The molecule has 3 rings (SSSR count). The maximum absolute atomic E-state index is 6.30. The first-order valence-corrected chi connectivity index (χ1v) is 6.87. The van der Waals surface area contributed by atoms with Crippen molar-refractivity contribution < 1.29 is 4.74 Å². The van der Waals surface area contributed by atoms with Gasteiger partial charge in [-0.15, -0.1) is 0 Å². The molecule has 2 aliphatic heterocycles. The molecule has 1 fully saturated rings. The molecular formula is C14H16BrNO. The second kappa shape index (κ2) is 4.14. The number of fused-ring (bicyclic) bond motifs is 1. The number of piperidine rings is 1. The molecule has 17 heavy (non-hydrogen) atoms. The molecule has 1 aromatic rings. The Bertz CT molecular complexity index is 475. The van der Waals surface area contributed by atoms with E-state index in [4.69, 9.17) is 4.74 Å². The van der Waals surface area contributed by atoms with Gasteiger partial charge in [-0.3, -0.25) is 0 Å². The molecule has 2 heterocycles. The average Bonchev–Trinajstić information content (AvgIpc) is 2.32. The summed E-state index contributed by atoms with van der Waals surface area (Å²) in [4.78, 5) is 0. The third-order valence-electron chi connectivity index (χ3n) is 3.59. The highest BCUT2D eigenvalue weighted by Gasteiger charge is 2.34. The number of hydrogen-bond acceptors (Lipinski definition) is 2. The van der Waals surface area contributed by atoms with Crippen LogP contribution < -0.4 is 10.1 Å². The topological polar surface area (TPSA) is 21.3 Å². The zero-order valence-corrected chi connectivity index (χ0v) is 11.5. The third kappa shape index (κ3) is 2.02. The van der Waals surface area contributed by atoms with Gasteiger partial charge in [0, 0.05) is 22.9 Å². The Morgan fingerprint density at radius 2 is 2.06 bits per heavy atom. The van der Waals surface area contributed by atoms with Crippen LogP contribution in [0.4, 0.5) is 0 Å². The first-order valence-electron chi connectivity index (χ1n) is 6.08. The van der Waals surface area contributed by atoms with Gasteiger partial charge in [0.1, 0.15) is 11.4 Å². The number of aryl methyl sites for hydroxylation is 1. The van der Waals surface area contributed by atoms with E-state index >= 15 is 0 Å². The van der Waals surface area contributed by atoms with E-state index < -0.39 is 0 Å². The van der Waals surface area contributed by atoms with E-state index in [-0.39, 0.29) is 5.60 Å². The van der Waals surface area contributed by atoms with Crippen LogP contribution in [0.5, 0.6) is 5.75 Å². The van der Waals surface area contributed by atoms with Crippen molar-refractivity contribution in [2.45, 2.75) is 25.4 Å². The standard InChI is InChI=1S/C14H16BrNO/c1-10-8-12(15)9-11-2-3-14(17-13(10)11)4-6-16-7-5-14/h2-3,8-9,16H,4-7H2,1H3. The highest BCUT2D eigenvalue weighted by Crippen LogP contribution is 2.39. The van der Waals surface area contributed by atoms with Gasteiger partial charge in [-0.25, -0.2) is 0 Å². The summed E-state index contributed by atoms with van der Waals surface area (Å²) >= 11 is 3.53. The Hall–Kier alpha value is -0.800.